The smallest absolute Gasteiger partial charge is 0.251 e. The predicted molar refractivity (Wildman–Crippen MR) is 71.6 cm³/mol. The zero-order chi connectivity index (χ0) is 13.0. The number of hydrogen-bond donors (Lipinski definition) is 1. The Morgan fingerprint density at radius 3 is 2.89 bits per heavy atom. The molecular weight excluding hydrogens is 248 g/mol. The van der Waals surface area contributed by atoms with Crippen LogP contribution in [-0.4, -0.2) is 10.9 Å². The highest BCUT2D eigenvalue weighted by Gasteiger charge is 2.10. The van der Waals surface area contributed by atoms with Crippen molar-refractivity contribution < 1.29 is 4.79 Å². The average Bonchev–Trinajstić information content (AvgIpc) is 2.40. The maximum atomic E-state index is 12.0. The van der Waals surface area contributed by atoms with Crippen LogP contribution in [-0.2, 0) is 6.54 Å². The summed E-state index contributed by atoms with van der Waals surface area (Å²) in [4.78, 5) is 16.0. The van der Waals surface area contributed by atoms with E-state index in [-0.39, 0.29) is 5.91 Å². The molecule has 92 valence electrons. The third kappa shape index (κ3) is 2.87. The molecule has 4 heteroatoms. The summed E-state index contributed by atoms with van der Waals surface area (Å²) in [6, 6.07) is 9.06. The second kappa shape index (κ2) is 5.65. The van der Waals surface area contributed by atoms with Crippen LogP contribution in [0.15, 0.2) is 42.7 Å². The highest BCUT2D eigenvalue weighted by molar-refractivity contribution is 6.31. The Bertz CT molecular complexity index is 555. The topological polar surface area (TPSA) is 42.0 Å². The van der Waals surface area contributed by atoms with E-state index < -0.39 is 0 Å². The Kier molecular flexibility index (Phi) is 3.95. The molecule has 0 atom stereocenters. The van der Waals surface area contributed by atoms with Gasteiger partial charge in [0.15, 0.2) is 0 Å². The van der Waals surface area contributed by atoms with E-state index in [9.17, 15) is 4.79 Å². The van der Waals surface area contributed by atoms with E-state index in [1.807, 2.05) is 19.1 Å². The van der Waals surface area contributed by atoms with Gasteiger partial charge in [-0.15, -0.1) is 0 Å². The Hall–Kier alpha value is -1.87. The minimum Gasteiger partial charge on any atom is -0.348 e. The summed E-state index contributed by atoms with van der Waals surface area (Å²) in [5.74, 6) is -0.126. The zero-order valence-corrected chi connectivity index (χ0v) is 10.7. The second-order valence-corrected chi connectivity index (χ2v) is 4.36. The molecule has 2 rings (SSSR count). The minimum absolute atomic E-state index is 0.126. The number of hydrogen-bond acceptors (Lipinski definition) is 2. The summed E-state index contributed by atoms with van der Waals surface area (Å²) >= 11 is 5.99. The van der Waals surface area contributed by atoms with Crippen molar-refractivity contribution in [2.45, 2.75) is 13.5 Å². The number of pyridine rings is 1. The third-order valence-corrected chi connectivity index (χ3v) is 3.10. The Balaban J connectivity index is 2.07. The fraction of sp³-hybridized carbons (Fsp3) is 0.143. The van der Waals surface area contributed by atoms with E-state index in [0.717, 1.165) is 11.1 Å². The van der Waals surface area contributed by atoms with Crippen molar-refractivity contribution in [3.8, 4) is 0 Å². The summed E-state index contributed by atoms with van der Waals surface area (Å²) in [6.07, 6.45) is 3.43. The third-order valence-electron chi connectivity index (χ3n) is 2.69. The number of rotatable bonds is 3. The largest absolute Gasteiger partial charge is 0.348 e. The predicted octanol–water partition coefficient (Wildman–Crippen LogP) is 2.97. The van der Waals surface area contributed by atoms with E-state index in [1.54, 1.807) is 30.6 Å². The molecule has 0 unspecified atom stereocenters. The molecule has 0 saturated carbocycles. The Morgan fingerprint density at radius 1 is 1.33 bits per heavy atom. The highest BCUT2D eigenvalue weighted by atomic mass is 35.5. The molecule has 0 saturated heterocycles. The molecule has 1 amide bonds. The van der Waals surface area contributed by atoms with Crippen LogP contribution in [0.1, 0.15) is 21.5 Å². The van der Waals surface area contributed by atoms with Gasteiger partial charge in [-0.1, -0.05) is 23.7 Å². The molecule has 2 aromatic rings. The van der Waals surface area contributed by atoms with Crippen molar-refractivity contribution in [1.82, 2.24) is 10.3 Å². The molecule has 3 nitrogen and oxygen atoms in total. The van der Waals surface area contributed by atoms with E-state index in [2.05, 4.69) is 10.3 Å². The molecule has 1 heterocycles. The average molecular weight is 261 g/mol. The number of carbonyl (C=O) groups is 1. The van der Waals surface area contributed by atoms with Gasteiger partial charge >= 0.3 is 0 Å². The first kappa shape index (κ1) is 12.6. The normalized spacial score (nSPS) is 10.1. The van der Waals surface area contributed by atoms with E-state index >= 15 is 0 Å². The van der Waals surface area contributed by atoms with Crippen LogP contribution in [0.2, 0.25) is 5.02 Å². The second-order valence-electron chi connectivity index (χ2n) is 3.96. The van der Waals surface area contributed by atoms with Gasteiger partial charge in [0.2, 0.25) is 0 Å². The molecule has 0 fully saturated rings. The molecule has 0 radical (unpaired) electrons. The van der Waals surface area contributed by atoms with Crippen molar-refractivity contribution in [3.05, 3.63) is 64.4 Å². The first-order valence-corrected chi connectivity index (χ1v) is 5.98. The number of aromatic nitrogens is 1. The fourth-order valence-electron chi connectivity index (χ4n) is 1.63. The van der Waals surface area contributed by atoms with Crippen molar-refractivity contribution >= 4 is 17.5 Å². The quantitative estimate of drug-likeness (QED) is 0.922. The van der Waals surface area contributed by atoms with Crippen molar-refractivity contribution in [3.63, 3.8) is 0 Å². The molecule has 1 N–H and O–H groups in total. The fourth-order valence-corrected chi connectivity index (χ4v) is 1.81. The SMILES string of the molecule is Cc1c(Cl)cccc1C(=O)NCc1cccnc1. The van der Waals surface area contributed by atoms with Crippen LogP contribution in [0, 0.1) is 6.92 Å². The summed E-state index contributed by atoms with van der Waals surface area (Å²) in [7, 11) is 0. The summed E-state index contributed by atoms with van der Waals surface area (Å²) in [5, 5.41) is 3.45. The molecule has 0 aliphatic heterocycles. The Morgan fingerprint density at radius 2 is 2.17 bits per heavy atom. The molecule has 1 aromatic heterocycles. The lowest BCUT2D eigenvalue weighted by molar-refractivity contribution is 0.0950. The molecule has 0 bridgehead atoms. The first-order chi connectivity index (χ1) is 8.68. The standard InChI is InChI=1S/C14H13ClN2O/c1-10-12(5-2-6-13(10)15)14(18)17-9-11-4-3-7-16-8-11/h2-8H,9H2,1H3,(H,17,18). The molecule has 0 aliphatic rings. The van der Waals surface area contributed by atoms with Crippen LogP contribution in [0.3, 0.4) is 0 Å². The molecule has 0 spiro atoms. The zero-order valence-electron chi connectivity index (χ0n) is 9.98. The molecule has 18 heavy (non-hydrogen) atoms. The summed E-state index contributed by atoms with van der Waals surface area (Å²) < 4.78 is 0. The summed E-state index contributed by atoms with van der Waals surface area (Å²) in [5.41, 5.74) is 2.36. The Labute approximate surface area is 111 Å². The number of nitrogens with one attached hydrogen (secondary N) is 1. The van der Waals surface area contributed by atoms with Gasteiger partial charge in [0.05, 0.1) is 0 Å². The number of halogens is 1. The highest BCUT2D eigenvalue weighted by Crippen LogP contribution is 2.18. The monoisotopic (exact) mass is 260 g/mol. The van der Waals surface area contributed by atoms with E-state index in [4.69, 9.17) is 11.6 Å². The number of benzene rings is 1. The minimum atomic E-state index is -0.126. The number of amides is 1. The summed E-state index contributed by atoms with van der Waals surface area (Å²) in [6.45, 7) is 2.29. The number of carbonyl (C=O) groups excluding carboxylic acids is 1. The van der Waals surface area contributed by atoms with Gasteiger partial charge in [0.1, 0.15) is 0 Å². The van der Waals surface area contributed by atoms with Crippen molar-refractivity contribution in [2.75, 3.05) is 0 Å². The maximum absolute atomic E-state index is 12.0. The first-order valence-electron chi connectivity index (χ1n) is 5.60. The van der Waals surface area contributed by atoms with Crippen LogP contribution in [0.5, 0.6) is 0 Å². The lowest BCUT2D eigenvalue weighted by Gasteiger charge is -2.08. The van der Waals surface area contributed by atoms with Crippen LogP contribution in [0.4, 0.5) is 0 Å². The van der Waals surface area contributed by atoms with Gasteiger partial charge < -0.3 is 5.32 Å². The van der Waals surface area contributed by atoms with E-state index in [1.165, 1.54) is 0 Å². The lowest BCUT2D eigenvalue weighted by Crippen LogP contribution is -2.23. The van der Waals surface area contributed by atoms with Gasteiger partial charge in [-0.2, -0.15) is 0 Å². The van der Waals surface area contributed by atoms with Crippen molar-refractivity contribution in [2.24, 2.45) is 0 Å². The van der Waals surface area contributed by atoms with Gasteiger partial charge in [0, 0.05) is 29.5 Å². The maximum Gasteiger partial charge on any atom is 0.251 e. The molecular formula is C14H13ClN2O. The van der Waals surface area contributed by atoms with Gasteiger partial charge in [-0.25, -0.2) is 0 Å². The van der Waals surface area contributed by atoms with Crippen LogP contribution < -0.4 is 5.32 Å². The van der Waals surface area contributed by atoms with E-state index in [0.29, 0.717) is 17.1 Å². The lowest BCUT2D eigenvalue weighted by atomic mass is 10.1. The van der Waals surface area contributed by atoms with Crippen LogP contribution in [0.25, 0.3) is 0 Å². The molecule has 0 aliphatic carbocycles. The molecule has 1 aromatic carbocycles. The van der Waals surface area contributed by atoms with Crippen LogP contribution >= 0.6 is 11.6 Å². The van der Waals surface area contributed by atoms with Gasteiger partial charge in [-0.3, -0.25) is 9.78 Å². The van der Waals surface area contributed by atoms with Gasteiger partial charge in [0.25, 0.3) is 5.91 Å². The number of nitrogens with zero attached hydrogens (tertiary/aromatic N) is 1. The van der Waals surface area contributed by atoms with Gasteiger partial charge in [-0.05, 0) is 36.2 Å². The van der Waals surface area contributed by atoms with Crippen molar-refractivity contribution in [1.29, 1.82) is 0 Å².